The highest BCUT2D eigenvalue weighted by molar-refractivity contribution is 5.81. The molecule has 4 nitrogen and oxygen atoms in total. The molecule has 0 aliphatic carbocycles. The van der Waals surface area contributed by atoms with Gasteiger partial charge in [-0.2, -0.15) is 0 Å². The Balaban J connectivity index is 1.73. The normalized spacial score (nSPS) is 17.4. The van der Waals surface area contributed by atoms with Crippen molar-refractivity contribution in [3.63, 3.8) is 0 Å². The van der Waals surface area contributed by atoms with Crippen molar-refractivity contribution in [1.29, 1.82) is 0 Å². The van der Waals surface area contributed by atoms with Gasteiger partial charge in [0, 0.05) is 18.1 Å². The molecule has 0 bridgehead atoms. The van der Waals surface area contributed by atoms with Crippen molar-refractivity contribution in [2.45, 2.75) is 19.4 Å². The first-order chi connectivity index (χ1) is 9.74. The quantitative estimate of drug-likeness (QED) is 0.931. The molecule has 1 aliphatic rings. The summed E-state index contributed by atoms with van der Waals surface area (Å²) in [7, 11) is 0. The molecule has 0 spiro atoms. The monoisotopic (exact) mass is 270 g/mol. The van der Waals surface area contributed by atoms with E-state index in [2.05, 4.69) is 34.1 Å². The number of benzene rings is 1. The molecule has 3 rings (SSSR count). The minimum atomic E-state index is -0.656. The zero-order valence-corrected chi connectivity index (χ0v) is 11.3. The number of aromatic nitrogens is 1. The molecule has 2 heterocycles. The molecule has 1 N–H and O–H groups in total. The molecule has 0 radical (unpaired) electrons. The summed E-state index contributed by atoms with van der Waals surface area (Å²) >= 11 is 0. The number of aliphatic carboxylic acids is 1. The predicted molar refractivity (Wildman–Crippen MR) is 77.4 cm³/mol. The lowest BCUT2D eigenvalue weighted by molar-refractivity contribution is -0.143. The second kappa shape index (κ2) is 5.59. The molecule has 1 aromatic heterocycles. The molecule has 0 atom stereocenters. The number of piperidine rings is 1. The van der Waals surface area contributed by atoms with E-state index in [-0.39, 0.29) is 5.92 Å². The maximum atomic E-state index is 11.0. The molecule has 2 aromatic rings. The largest absolute Gasteiger partial charge is 0.481 e. The van der Waals surface area contributed by atoms with Gasteiger partial charge in [-0.1, -0.05) is 24.3 Å². The van der Waals surface area contributed by atoms with E-state index in [1.54, 1.807) is 0 Å². The lowest BCUT2D eigenvalue weighted by atomic mass is 9.96. The van der Waals surface area contributed by atoms with Gasteiger partial charge in [0.1, 0.15) is 0 Å². The number of carboxylic acids is 1. The molecule has 1 aromatic carbocycles. The molecule has 1 fully saturated rings. The van der Waals surface area contributed by atoms with Crippen molar-refractivity contribution < 1.29 is 9.90 Å². The SMILES string of the molecule is O=C(O)C1CCN(Cc2cccc3cccnc23)CC1. The van der Waals surface area contributed by atoms with E-state index in [1.165, 1.54) is 5.56 Å². The Morgan fingerprint density at radius 3 is 2.75 bits per heavy atom. The zero-order chi connectivity index (χ0) is 13.9. The fourth-order valence-electron chi connectivity index (χ4n) is 2.87. The fourth-order valence-corrected chi connectivity index (χ4v) is 2.87. The van der Waals surface area contributed by atoms with Gasteiger partial charge in [-0.3, -0.25) is 14.7 Å². The second-order valence-electron chi connectivity index (χ2n) is 5.38. The lowest BCUT2D eigenvalue weighted by Crippen LogP contribution is -2.35. The third-order valence-electron chi connectivity index (χ3n) is 4.05. The summed E-state index contributed by atoms with van der Waals surface area (Å²) in [4.78, 5) is 17.8. The van der Waals surface area contributed by atoms with Crippen LogP contribution in [0.5, 0.6) is 0 Å². The number of carbonyl (C=O) groups is 1. The number of carboxylic acid groups (broad SMARTS) is 1. The molecular weight excluding hydrogens is 252 g/mol. The third kappa shape index (κ3) is 2.65. The first kappa shape index (κ1) is 13.1. The van der Waals surface area contributed by atoms with Crippen molar-refractivity contribution >= 4 is 16.9 Å². The van der Waals surface area contributed by atoms with E-state index in [9.17, 15) is 4.79 Å². The Labute approximate surface area is 118 Å². The van der Waals surface area contributed by atoms with Crippen LogP contribution in [0.2, 0.25) is 0 Å². The van der Waals surface area contributed by atoms with Gasteiger partial charge in [0.15, 0.2) is 0 Å². The van der Waals surface area contributed by atoms with Gasteiger partial charge in [-0.15, -0.1) is 0 Å². The van der Waals surface area contributed by atoms with Gasteiger partial charge in [0.05, 0.1) is 11.4 Å². The van der Waals surface area contributed by atoms with Crippen molar-refractivity contribution in [2.24, 2.45) is 5.92 Å². The highest BCUT2D eigenvalue weighted by atomic mass is 16.4. The average molecular weight is 270 g/mol. The van der Waals surface area contributed by atoms with Crippen molar-refractivity contribution in [1.82, 2.24) is 9.88 Å². The molecule has 0 amide bonds. The van der Waals surface area contributed by atoms with E-state index in [1.807, 2.05) is 12.3 Å². The Bertz CT molecular complexity index is 613. The third-order valence-corrected chi connectivity index (χ3v) is 4.05. The highest BCUT2D eigenvalue weighted by Crippen LogP contribution is 2.22. The maximum Gasteiger partial charge on any atom is 0.306 e. The summed E-state index contributed by atoms with van der Waals surface area (Å²) in [5.74, 6) is -0.826. The van der Waals surface area contributed by atoms with E-state index in [0.29, 0.717) is 0 Å². The van der Waals surface area contributed by atoms with Crippen LogP contribution >= 0.6 is 0 Å². The Morgan fingerprint density at radius 2 is 2.00 bits per heavy atom. The van der Waals surface area contributed by atoms with E-state index in [0.717, 1.165) is 43.4 Å². The Morgan fingerprint density at radius 1 is 1.25 bits per heavy atom. The van der Waals surface area contributed by atoms with Gasteiger partial charge >= 0.3 is 5.97 Å². The van der Waals surface area contributed by atoms with Crippen LogP contribution in [0.15, 0.2) is 36.5 Å². The maximum absolute atomic E-state index is 11.0. The number of para-hydroxylation sites is 1. The number of fused-ring (bicyclic) bond motifs is 1. The highest BCUT2D eigenvalue weighted by Gasteiger charge is 2.24. The summed E-state index contributed by atoms with van der Waals surface area (Å²) in [6.45, 7) is 2.54. The van der Waals surface area contributed by atoms with Crippen LogP contribution < -0.4 is 0 Å². The van der Waals surface area contributed by atoms with Crippen LogP contribution in [-0.4, -0.2) is 34.0 Å². The van der Waals surface area contributed by atoms with Gasteiger partial charge in [0.2, 0.25) is 0 Å². The number of likely N-dealkylation sites (tertiary alicyclic amines) is 1. The number of hydrogen-bond donors (Lipinski definition) is 1. The second-order valence-corrected chi connectivity index (χ2v) is 5.38. The summed E-state index contributed by atoms with van der Waals surface area (Å²) in [6.07, 6.45) is 3.31. The Hall–Kier alpha value is -1.94. The van der Waals surface area contributed by atoms with Crippen LogP contribution in [-0.2, 0) is 11.3 Å². The molecular formula is C16H18N2O2. The van der Waals surface area contributed by atoms with Crippen LogP contribution in [0, 0.1) is 5.92 Å². The minimum Gasteiger partial charge on any atom is -0.481 e. The van der Waals surface area contributed by atoms with Crippen molar-refractivity contribution in [2.75, 3.05) is 13.1 Å². The number of nitrogens with zero attached hydrogens (tertiary/aromatic N) is 2. The van der Waals surface area contributed by atoms with Crippen molar-refractivity contribution in [3.05, 3.63) is 42.1 Å². The molecule has 1 saturated heterocycles. The van der Waals surface area contributed by atoms with Crippen LogP contribution in [0.1, 0.15) is 18.4 Å². The molecule has 20 heavy (non-hydrogen) atoms. The van der Waals surface area contributed by atoms with Crippen LogP contribution in [0.25, 0.3) is 10.9 Å². The topological polar surface area (TPSA) is 53.4 Å². The van der Waals surface area contributed by atoms with Gasteiger partial charge in [-0.25, -0.2) is 0 Å². The summed E-state index contributed by atoms with van der Waals surface area (Å²) < 4.78 is 0. The minimum absolute atomic E-state index is 0.170. The number of rotatable bonds is 3. The molecule has 0 unspecified atom stereocenters. The first-order valence-corrected chi connectivity index (χ1v) is 7.02. The van der Waals surface area contributed by atoms with Gasteiger partial charge in [0.25, 0.3) is 0 Å². The smallest absolute Gasteiger partial charge is 0.306 e. The molecule has 104 valence electrons. The van der Waals surface area contributed by atoms with Crippen LogP contribution in [0.4, 0.5) is 0 Å². The Kier molecular flexibility index (Phi) is 3.65. The summed E-state index contributed by atoms with van der Waals surface area (Å²) in [5, 5.41) is 10.2. The summed E-state index contributed by atoms with van der Waals surface area (Å²) in [6, 6.07) is 10.3. The lowest BCUT2D eigenvalue weighted by Gasteiger charge is -2.30. The van der Waals surface area contributed by atoms with E-state index >= 15 is 0 Å². The number of hydrogen-bond acceptors (Lipinski definition) is 3. The fraction of sp³-hybridized carbons (Fsp3) is 0.375. The predicted octanol–water partition coefficient (Wildman–Crippen LogP) is 2.53. The standard InChI is InChI=1S/C16H18N2O2/c19-16(20)13-6-9-18(10-7-13)11-14-4-1-3-12-5-2-8-17-15(12)14/h1-5,8,13H,6-7,9-11H2,(H,19,20). The zero-order valence-electron chi connectivity index (χ0n) is 11.3. The molecule has 4 heteroatoms. The first-order valence-electron chi connectivity index (χ1n) is 7.02. The average Bonchev–Trinajstić information content (AvgIpc) is 2.48. The van der Waals surface area contributed by atoms with Crippen molar-refractivity contribution in [3.8, 4) is 0 Å². The van der Waals surface area contributed by atoms with Crippen LogP contribution in [0.3, 0.4) is 0 Å². The number of pyridine rings is 1. The van der Waals surface area contributed by atoms with Gasteiger partial charge < -0.3 is 5.11 Å². The molecule has 0 saturated carbocycles. The van der Waals surface area contributed by atoms with E-state index in [4.69, 9.17) is 5.11 Å². The van der Waals surface area contributed by atoms with Gasteiger partial charge in [-0.05, 0) is 37.6 Å². The van der Waals surface area contributed by atoms with E-state index < -0.39 is 5.97 Å². The molecule has 1 aliphatic heterocycles. The summed E-state index contributed by atoms with van der Waals surface area (Å²) in [5.41, 5.74) is 2.27.